The fourth-order valence-corrected chi connectivity index (χ4v) is 5.27. The van der Waals surface area contributed by atoms with Crippen molar-refractivity contribution in [2.75, 3.05) is 33.6 Å². The van der Waals surface area contributed by atoms with Crippen LogP contribution in [0.1, 0.15) is 23.3 Å². The number of hydrogen-bond acceptors (Lipinski definition) is 6. The monoisotopic (exact) mass is 381 g/mol. The van der Waals surface area contributed by atoms with E-state index in [0.717, 1.165) is 29.5 Å². The van der Waals surface area contributed by atoms with E-state index in [4.69, 9.17) is 9.72 Å². The Bertz CT molecular complexity index is 842. The lowest BCUT2D eigenvalue weighted by molar-refractivity contribution is -0.125. The molecular weight excluding hydrogens is 358 g/mol. The topological polar surface area (TPSA) is 64.4 Å². The van der Waals surface area contributed by atoms with Crippen molar-refractivity contribution in [3.05, 3.63) is 20.8 Å². The summed E-state index contributed by atoms with van der Waals surface area (Å²) in [6.07, 6.45) is 4.30. The number of thiophene rings is 1. The molecular formula is C17H23N3O3S2. The Morgan fingerprint density at radius 1 is 1.36 bits per heavy atom. The molecule has 0 aromatic carbocycles. The SMILES string of the molecule is COCCn1c(SCC(=O)N(C)C)nc2sc3c(c2c1=O)CCCC3. The molecule has 0 N–H and O–H groups in total. The second-order valence-electron chi connectivity index (χ2n) is 6.31. The average Bonchev–Trinajstić information content (AvgIpc) is 2.97. The van der Waals surface area contributed by atoms with Crippen LogP contribution in [0.25, 0.3) is 10.2 Å². The van der Waals surface area contributed by atoms with E-state index in [2.05, 4.69) is 0 Å². The number of ether oxygens (including phenoxy) is 1. The maximum atomic E-state index is 13.1. The number of hydrogen-bond donors (Lipinski definition) is 0. The van der Waals surface area contributed by atoms with Crippen LogP contribution < -0.4 is 5.56 Å². The molecule has 1 aliphatic carbocycles. The van der Waals surface area contributed by atoms with E-state index in [1.54, 1.807) is 42.0 Å². The molecule has 0 atom stereocenters. The summed E-state index contributed by atoms with van der Waals surface area (Å²) in [7, 11) is 5.07. The third-order valence-corrected chi connectivity index (χ3v) is 6.53. The van der Waals surface area contributed by atoms with Gasteiger partial charge < -0.3 is 9.64 Å². The van der Waals surface area contributed by atoms with Gasteiger partial charge in [-0.1, -0.05) is 11.8 Å². The van der Waals surface area contributed by atoms with Crippen LogP contribution in [0.5, 0.6) is 0 Å². The third kappa shape index (κ3) is 3.75. The van der Waals surface area contributed by atoms with Crippen LogP contribution in [0.3, 0.4) is 0 Å². The van der Waals surface area contributed by atoms with E-state index >= 15 is 0 Å². The number of carbonyl (C=O) groups excluding carboxylic acids is 1. The quantitative estimate of drug-likeness (QED) is 0.567. The molecule has 0 bridgehead atoms. The molecule has 25 heavy (non-hydrogen) atoms. The minimum Gasteiger partial charge on any atom is -0.383 e. The third-order valence-electron chi connectivity index (χ3n) is 4.38. The van der Waals surface area contributed by atoms with E-state index in [9.17, 15) is 9.59 Å². The van der Waals surface area contributed by atoms with E-state index in [-0.39, 0.29) is 17.2 Å². The molecule has 136 valence electrons. The first-order valence-electron chi connectivity index (χ1n) is 8.40. The summed E-state index contributed by atoms with van der Waals surface area (Å²) in [6.45, 7) is 0.885. The molecule has 0 radical (unpaired) electrons. The Morgan fingerprint density at radius 2 is 2.12 bits per heavy atom. The van der Waals surface area contributed by atoms with Crippen LogP contribution in [0, 0.1) is 0 Å². The lowest BCUT2D eigenvalue weighted by atomic mass is 9.97. The van der Waals surface area contributed by atoms with Gasteiger partial charge in [0.2, 0.25) is 5.91 Å². The van der Waals surface area contributed by atoms with Crippen molar-refractivity contribution in [1.29, 1.82) is 0 Å². The Balaban J connectivity index is 2.04. The maximum absolute atomic E-state index is 13.1. The van der Waals surface area contributed by atoms with Gasteiger partial charge in [0.1, 0.15) is 4.83 Å². The summed E-state index contributed by atoms with van der Waals surface area (Å²) in [4.78, 5) is 33.5. The van der Waals surface area contributed by atoms with Crippen LogP contribution in [0.2, 0.25) is 0 Å². The predicted octanol–water partition coefficient (Wildman–Crippen LogP) is 2.16. The molecule has 1 aliphatic rings. The van der Waals surface area contributed by atoms with Crippen LogP contribution >= 0.6 is 23.1 Å². The smallest absolute Gasteiger partial charge is 0.263 e. The van der Waals surface area contributed by atoms with E-state index < -0.39 is 0 Å². The molecule has 0 unspecified atom stereocenters. The van der Waals surface area contributed by atoms with Crippen LogP contribution in [-0.2, 0) is 28.9 Å². The van der Waals surface area contributed by atoms with Gasteiger partial charge in [-0.05, 0) is 31.2 Å². The van der Waals surface area contributed by atoms with Gasteiger partial charge in [0.05, 0.1) is 24.3 Å². The van der Waals surface area contributed by atoms with Gasteiger partial charge in [-0.25, -0.2) is 4.98 Å². The fourth-order valence-electron chi connectivity index (χ4n) is 2.97. The number of carbonyl (C=O) groups is 1. The van der Waals surface area contributed by atoms with Crippen molar-refractivity contribution in [2.24, 2.45) is 0 Å². The standard InChI is InChI=1S/C17H23N3O3S2/c1-19(2)13(21)10-24-17-18-15-14(16(22)20(17)8-9-23-3)11-6-4-5-7-12(11)25-15/h4-10H2,1-3H3. The number of amides is 1. The van der Waals surface area contributed by atoms with Crippen LogP contribution in [0.15, 0.2) is 9.95 Å². The molecule has 2 heterocycles. The summed E-state index contributed by atoms with van der Waals surface area (Å²) >= 11 is 2.96. The molecule has 0 fully saturated rings. The van der Waals surface area contributed by atoms with Gasteiger partial charge in [0.15, 0.2) is 5.16 Å². The first-order chi connectivity index (χ1) is 12.0. The molecule has 6 nitrogen and oxygen atoms in total. The van der Waals surface area contributed by atoms with Gasteiger partial charge in [-0.3, -0.25) is 14.2 Å². The number of methoxy groups -OCH3 is 1. The number of aromatic nitrogens is 2. The molecule has 0 saturated heterocycles. The Hall–Kier alpha value is -1.38. The van der Waals surface area contributed by atoms with E-state index in [0.29, 0.717) is 18.3 Å². The van der Waals surface area contributed by atoms with Gasteiger partial charge in [0, 0.05) is 26.1 Å². The molecule has 1 amide bonds. The second-order valence-corrected chi connectivity index (χ2v) is 8.34. The van der Waals surface area contributed by atoms with Crippen molar-refractivity contribution in [2.45, 2.75) is 37.4 Å². The fraction of sp³-hybridized carbons (Fsp3) is 0.588. The van der Waals surface area contributed by atoms with Gasteiger partial charge in [0.25, 0.3) is 5.56 Å². The Labute approximate surface area is 155 Å². The van der Waals surface area contributed by atoms with Gasteiger partial charge in [-0.2, -0.15) is 0 Å². The van der Waals surface area contributed by atoms with Crippen molar-refractivity contribution < 1.29 is 9.53 Å². The minimum absolute atomic E-state index is 0.00116. The molecule has 0 saturated carbocycles. The van der Waals surface area contributed by atoms with Gasteiger partial charge >= 0.3 is 0 Å². The number of nitrogens with zero attached hydrogens (tertiary/aromatic N) is 3. The summed E-state index contributed by atoms with van der Waals surface area (Å²) < 4.78 is 6.82. The van der Waals surface area contributed by atoms with E-state index in [1.165, 1.54) is 28.6 Å². The normalized spacial score (nSPS) is 13.9. The summed E-state index contributed by atoms with van der Waals surface area (Å²) in [6, 6.07) is 0. The average molecular weight is 382 g/mol. The summed E-state index contributed by atoms with van der Waals surface area (Å²) in [5.74, 6) is 0.270. The highest BCUT2D eigenvalue weighted by Gasteiger charge is 2.22. The van der Waals surface area contributed by atoms with Crippen LogP contribution in [0.4, 0.5) is 0 Å². The van der Waals surface area contributed by atoms with Gasteiger partial charge in [-0.15, -0.1) is 11.3 Å². The highest BCUT2D eigenvalue weighted by Crippen LogP contribution is 2.34. The summed E-state index contributed by atoms with van der Waals surface area (Å²) in [5, 5.41) is 1.38. The number of aryl methyl sites for hydroxylation is 2. The molecule has 0 spiro atoms. The number of rotatable bonds is 6. The zero-order valence-corrected chi connectivity index (χ0v) is 16.5. The Morgan fingerprint density at radius 3 is 2.84 bits per heavy atom. The molecule has 2 aromatic rings. The zero-order chi connectivity index (χ0) is 18.0. The van der Waals surface area contributed by atoms with Crippen LogP contribution in [-0.4, -0.2) is 53.9 Å². The maximum Gasteiger partial charge on any atom is 0.263 e. The van der Waals surface area contributed by atoms with Crippen molar-refractivity contribution in [1.82, 2.24) is 14.5 Å². The zero-order valence-electron chi connectivity index (χ0n) is 14.8. The highest BCUT2D eigenvalue weighted by atomic mass is 32.2. The highest BCUT2D eigenvalue weighted by molar-refractivity contribution is 7.99. The first-order valence-corrected chi connectivity index (χ1v) is 10.2. The second kappa shape index (κ2) is 7.88. The lowest BCUT2D eigenvalue weighted by Gasteiger charge is -2.14. The molecule has 8 heteroatoms. The number of thioether (sulfide) groups is 1. The lowest BCUT2D eigenvalue weighted by Crippen LogP contribution is -2.27. The largest absolute Gasteiger partial charge is 0.383 e. The first kappa shape index (κ1) is 18.4. The molecule has 2 aromatic heterocycles. The van der Waals surface area contributed by atoms with Crippen molar-refractivity contribution in [3.63, 3.8) is 0 Å². The predicted molar refractivity (Wildman–Crippen MR) is 102 cm³/mol. The minimum atomic E-state index is 0.00116. The molecule has 3 rings (SSSR count). The van der Waals surface area contributed by atoms with Crippen molar-refractivity contribution >= 4 is 39.2 Å². The number of fused-ring (bicyclic) bond motifs is 3. The van der Waals surface area contributed by atoms with E-state index in [1.807, 2.05) is 0 Å². The van der Waals surface area contributed by atoms with Crippen molar-refractivity contribution in [3.8, 4) is 0 Å². The molecule has 0 aliphatic heterocycles. The summed E-state index contributed by atoms with van der Waals surface area (Å²) in [5.41, 5.74) is 1.19. The Kier molecular flexibility index (Phi) is 5.81.